The first-order valence-corrected chi connectivity index (χ1v) is 5.28. The Morgan fingerprint density at radius 2 is 1.89 bits per heavy atom. The molecule has 6 nitrogen and oxygen atoms in total. The molecule has 1 aromatic heterocycles. The molecule has 18 heavy (non-hydrogen) atoms. The molecule has 0 saturated heterocycles. The number of nitrogens with two attached hydrogens (primary N) is 1. The zero-order valence-electron chi connectivity index (χ0n) is 9.75. The van der Waals surface area contributed by atoms with E-state index in [0.717, 1.165) is 0 Å². The average Bonchev–Trinajstić information content (AvgIpc) is 2.41. The van der Waals surface area contributed by atoms with Gasteiger partial charge in [-0.1, -0.05) is 0 Å². The van der Waals surface area contributed by atoms with Gasteiger partial charge in [-0.05, 0) is 30.3 Å². The Labute approximate surface area is 104 Å². The van der Waals surface area contributed by atoms with Crippen molar-refractivity contribution in [2.24, 2.45) is 0 Å². The van der Waals surface area contributed by atoms with Crippen molar-refractivity contribution in [2.75, 3.05) is 12.8 Å². The highest BCUT2D eigenvalue weighted by atomic mass is 16.5. The fraction of sp³-hybridized carbons (Fsp3) is 0.0833. The molecule has 1 heterocycles. The minimum absolute atomic E-state index is 0.238. The highest BCUT2D eigenvalue weighted by molar-refractivity contribution is 5.91. The Morgan fingerprint density at radius 3 is 2.44 bits per heavy atom. The average molecular weight is 244 g/mol. The largest absolute Gasteiger partial charge is 0.438 e. The van der Waals surface area contributed by atoms with Gasteiger partial charge in [0.15, 0.2) is 5.69 Å². The molecule has 0 saturated carbocycles. The standard InChI is InChI=1S/C12H12N4O2/c1-14-12(17)10-6-7-11(16-15-10)18-9-4-2-8(13)3-5-9/h2-7H,13H2,1H3,(H,14,17). The maximum absolute atomic E-state index is 11.3. The number of amides is 1. The van der Waals surface area contributed by atoms with Crippen LogP contribution in [0.25, 0.3) is 0 Å². The minimum Gasteiger partial charge on any atom is -0.438 e. The number of carbonyl (C=O) groups is 1. The molecule has 0 radical (unpaired) electrons. The van der Waals surface area contributed by atoms with Crippen molar-refractivity contribution in [3.8, 4) is 11.6 Å². The first-order chi connectivity index (χ1) is 8.69. The highest BCUT2D eigenvalue weighted by Crippen LogP contribution is 2.19. The Balaban J connectivity index is 2.10. The quantitative estimate of drug-likeness (QED) is 0.792. The van der Waals surface area contributed by atoms with Crippen LogP contribution in [0.4, 0.5) is 5.69 Å². The third-order valence-electron chi connectivity index (χ3n) is 2.20. The van der Waals surface area contributed by atoms with Crippen LogP contribution in [0.5, 0.6) is 11.6 Å². The summed E-state index contributed by atoms with van der Waals surface area (Å²) in [4.78, 5) is 11.3. The van der Waals surface area contributed by atoms with Gasteiger partial charge in [0.25, 0.3) is 5.91 Å². The van der Waals surface area contributed by atoms with Crippen molar-refractivity contribution < 1.29 is 9.53 Å². The molecule has 2 aromatic rings. The normalized spacial score (nSPS) is 9.83. The fourth-order valence-corrected chi connectivity index (χ4v) is 1.28. The summed E-state index contributed by atoms with van der Waals surface area (Å²) in [5.41, 5.74) is 6.45. The summed E-state index contributed by atoms with van der Waals surface area (Å²) < 4.78 is 5.44. The van der Waals surface area contributed by atoms with Gasteiger partial charge in [-0.3, -0.25) is 4.79 Å². The van der Waals surface area contributed by atoms with Gasteiger partial charge in [0.1, 0.15) is 5.75 Å². The van der Waals surface area contributed by atoms with E-state index in [-0.39, 0.29) is 11.6 Å². The van der Waals surface area contributed by atoms with E-state index in [1.165, 1.54) is 7.05 Å². The molecule has 0 spiro atoms. The second-order valence-electron chi connectivity index (χ2n) is 3.51. The van der Waals surface area contributed by atoms with E-state index in [1.807, 2.05) is 0 Å². The number of aromatic nitrogens is 2. The number of carbonyl (C=O) groups excluding carboxylic acids is 1. The van der Waals surface area contributed by atoms with Crippen LogP contribution in [-0.2, 0) is 0 Å². The summed E-state index contributed by atoms with van der Waals surface area (Å²) >= 11 is 0. The van der Waals surface area contributed by atoms with E-state index < -0.39 is 0 Å². The van der Waals surface area contributed by atoms with E-state index in [1.54, 1.807) is 36.4 Å². The lowest BCUT2D eigenvalue weighted by Crippen LogP contribution is -2.19. The topological polar surface area (TPSA) is 90.1 Å². The van der Waals surface area contributed by atoms with Crippen LogP contribution in [-0.4, -0.2) is 23.2 Å². The van der Waals surface area contributed by atoms with Crippen molar-refractivity contribution >= 4 is 11.6 Å². The number of nitrogen functional groups attached to an aromatic ring is 1. The van der Waals surface area contributed by atoms with Crippen LogP contribution >= 0.6 is 0 Å². The molecule has 1 aromatic carbocycles. The number of hydrogen-bond acceptors (Lipinski definition) is 5. The zero-order valence-corrected chi connectivity index (χ0v) is 9.75. The highest BCUT2D eigenvalue weighted by Gasteiger charge is 2.06. The van der Waals surface area contributed by atoms with Gasteiger partial charge in [-0.2, -0.15) is 0 Å². The molecule has 0 unspecified atom stereocenters. The first kappa shape index (κ1) is 11.8. The molecule has 6 heteroatoms. The molecule has 0 aliphatic rings. The molecule has 2 rings (SSSR count). The van der Waals surface area contributed by atoms with Gasteiger partial charge in [0.2, 0.25) is 5.88 Å². The van der Waals surface area contributed by atoms with E-state index in [2.05, 4.69) is 15.5 Å². The maximum Gasteiger partial charge on any atom is 0.271 e. The summed E-state index contributed by atoms with van der Waals surface area (Å²) in [6.07, 6.45) is 0. The molecule has 0 aliphatic carbocycles. The number of nitrogens with zero attached hydrogens (tertiary/aromatic N) is 2. The lowest BCUT2D eigenvalue weighted by molar-refractivity contribution is 0.0957. The first-order valence-electron chi connectivity index (χ1n) is 5.28. The molecule has 0 fully saturated rings. The molecule has 92 valence electrons. The summed E-state index contributed by atoms with van der Waals surface area (Å²) in [6.45, 7) is 0. The number of benzene rings is 1. The summed E-state index contributed by atoms with van der Waals surface area (Å²) in [5, 5.41) is 10.0. The van der Waals surface area contributed by atoms with Crippen molar-refractivity contribution in [1.82, 2.24) is 15.5 Å². The summed E-state index contributed by atoms with van der Waals surface area (Å²) in [6, 6.07) is 10.0. The van der Waals surface area contributed by atoms with Crippen LogP contribution in [0, 0.1) is 0 Å². The van der Waals surface area contributed by atoms with Gasteiger partial charge in [0.05, 0.1) is 0 Å². The summed E-state index contributed by atoms with van der Waals surface area (Å²) in [5.74, 6) is 0.625. The van der Waals surface area contributed by atoms with Crippen LogP contribution < -0.4 is 15.8 Å². The molecule has 0 aliphatic heterocycles. The SMILES string of the molecule is CNC(=O)c1ccc(Oc2ccc(N)cc2)nn1. The fourth-order valence-electron chi connectivity index (χ4n) is 1.28. The van der Waals surface area contributed by atoms with Gasteiger partial charge < -0.3 is 15.8 Å². The van der Waals surface area contributed by atoms with Gasteiger partial charge in [-0.15, -0.1) is 10.2 Å². The Morgan fingerprint density at radius 1 is 1.17 bits per heavy atom. The number of rotatable bonds is 3. The lowest BCUT2D eigenvalue weighted by atomic mass is 10.3. The van der Waals surface area contributed by atoms with Crippen molar-refractivity contribution in [3.63, 3.8) is 0 Å². The number of anilines is 1. The van der Waals surface area contributed by atoms with Crippen LogP contribution in [0.15, 0.2) is 36.4 Å². The smallest absolute Gasteiger partial charge is 0.271 e. The third-order valence-corrected chi connectivity index (χ3v) is 2.20. The van der Waals surface area contributed by atoms with Crippen LogP contribution in [0.2, 0.25) is 0 Å². The Kier molecular flexibility index (Phi) is 3.38. The van der Waals surface area contributed by atoms with Crippen molar-refractivity contribution in [1.29, 1.82) is 0 Å². The Bertz CT molecular complexity index is 537. The third kappa shape index (κ3) is 2.73. The second-order valence-corrected chi connectivity index (χ2v) is 3.51. The van der Waals surface area contributed by atoms with E-state index in [0.29, 0.717) is 17.3 Å². The van der Waals surface area contributed by atoms with Crippen molar-refractivity contribution in [3.05, 3.63) is 42.1 Å². The second kappa shape index (κ2) is 5.13. The van der Waals surface area contributed by atoms with E-state index in [9.17, 15) is 4.79 Å². The molecule has 0 atom stereocenters. The Hall–Kier alpha value is -2.63. The number of ether oxygens (including phenoxy) is 1. The van der Waals surface area contributed by atoms with Gasteiger partial charge >= 0.3 is 0 Å². The molecular weight excluding hydrogens is 232 g/mol. The van der Waals surface area contributed by atoms with Crippen LogP contribution in [0.1, 0.15) is 10.5 Å². The molecular formula is C12H12N4O2. The summed E-state index contributed by atoms with van der Waals surface area (Å²) in [7, 11) is 1.53. The number of nitrogens with one attached hydrogen (secondary N) is 1. The number of hydrogen-bond donors (Lipinski definition) is 2. The van der Waals surface area contributed by atoms with Crippen LogP contribution in [0.3, 0.4) is 0 Å². The van der Waals surface area contributed by atoms with Gasteiger partial charge in [-0.25, -0.2) is 0 Å². The predicted molar refractivity (Wildman–Crippen MR) is 66.4 cm³/mol. The minimum atomic E-state index is -0.290. The van der Waals surface area contributed by atoms with E-state index in [4.69, 9.17) is 10.5 Å². The molecule has 1 amide bonds. The van der Waals surface area contributed by atoms with Crippen molar-refractivity contribution in [2.45, 2.75) is 0 Å². The molecule has 0 bridgehead atoms. The monoisotopic (exact) mass is 244 g/mol. The van der Waals surface area contributed by atoms with Gasteiger partial charge in [0, 0.05) is 18.8 Å². The zero-order chi connectivity index (χ0) is 13.0. The maximum atomic E-state index is 11.3. The lowest BCUT2D eigenvalue weighted by Gasteiger charge is -2.04. The predicted octanol–water partition coefficient (Wildman–Crippen LogP) is 1.21. The van der Waals surface area contributed by atoms with E-state index >= 15 is 0 Å². The molecule has 3 N–H and O–H groups in total.